The van der Waals surface area contributed by atoms with Crippen LogP contribution in [0.5, 0.6) is 5.88 Å². The molecule has 0 bridgehead atoms. The Balaban J connectivity index is 1.65. The first-order valence-corrected chi connectivity index (χ1v) is 9.03. The average molecular weight is 376 g/mol. The molecule has 3 rings (SSSR count). The molecule has 1 amide bonds. The second kappa shape index (κ2) is 7.37. The fourth-order valence-electron chi connectivity index (χ4n) is 2.51. The minimum Gasteiger partial charge on any atom is -0.467 e. The zero-order chi connectivity index (χ0) is 18.0. The van der Waals surface area contributed by atoms with Crippen LogP contribution < -0.4 is 10.1 Å². The predicted molar refractivity (Wildman–Crippen MR) is 100 cm³/mol. The number of nitrogens with zero attached hydrogens (tertiary/aromatic N) is 2. The first-order chi connectivity index (χ1) is 12.0. The van der Waals surface area contributed by atoms with Gasteiger partial charge in [0.05, 0.1) is 11.4 Å². The van der Waals surface area contributed by atoms with Crippen LogP contribution in [0.15, 0.2) is 30.6 Å². The molecule has 0 spiro atoms. The number of aromatic nitrogens is 2. The molecule has 0 fully saturated rings. The first-order valence-electron chi connectivity index (χ1n) is 7.84. The van der Waals surface area contributed by atoms with Gasteiger partial charge >= 0.3 is 0 Å². The number of thiophene rings is 1. The van der Waals surface area contributed by atoms with Gasteiger partial charge in [-0.05, 0) is 44.0 Å². The minimum atomic E-state index is -0.209. The molecule has 0 saturated heterocycles. The number of carbonyl (C=O) groups is 1. The minimum absolute atomic E-state index is 0.0988. The fourth-order valence-corrected chi connectivity index (χ4v) is 3.62. The quantitative estimate of drug-likeness (QED) is 0.725. The summed E-state index contributed by atoms with van der Waals surface area (Å²) in [6.07, 6.45) is 1.46. The number of halogens is 1. The third kappa shape index (κ3) is 3.91. The van der Waals surface area contributed by atoms with Crippen LogP contribution in [0.3, 0.4) is 0 Å². The van der Waals surface area contributed by atoms with Gasteiger partial charge in [0.15, 0.2) is 6.61 Å². The Morgan fingerprint density at radius 1 is 1.28 bits per heavy atom. The van der Waals surface area contributed by atoms with E-state index in [9.17, 15) is 4.79 Å². The number of benzene rings is 1. The van der Waals surface area contributed by atoms with Crippen molar-refractivity contribution in [1.82, 2.24) is 15.3 Å². The topological polar surface area (TPSA) is 64.1 Å². The highest BCUT2D eigenvalue weighted by molar-refractivity contribution is 7.18. The number of fused-ring (bicyclic) bond motifs is 1. The zero-order valence-corrected chi connectivity index (χ0v) is 15.7. The van der Waals surface area contributed by atoms with E-state index in [0.717, 1.165) is 21.3 Å². The molecule has 0 aliphatic rings. The number of ether oxygens (including phenoxy) is 1. The van der Waals surface area contributed by atoms with Crippen molar-refractivity contribution in [1.29, 1.82) is 0 Å². The molecule has 1 unspecified atom stereocenters. The van der Waals surface area contributed by atoms with Gasteiger partial charge < -0.3 is 10.1 Å². The maximum Gasteiger partial charge on any atom is 0.258 e. The van der Waals surface area contributed by atoms with Crippen LogP contribution >= 0.6 is 22.9 Å². The summed E-state index contributed by atoms with van der Waals surface area (Å²) in [6.45, 7) is 5.85. The first kappa shape index (κ1) is 17.6. The summed E-state index contributed by atoms with van der Waals surface area (Å²) in [5.41, 5.74) is 2.07. The monoisotopic (exact) mass is 375 g/mol. The molecular formula is C18H18ClN3O2S. The Hall–Kier alpha value is -2.18. The molecule has 0 aliphatic carbocycles. The molecule has 0 aliphatic heterocycles. The molecule has 1 aromatic carbocycles. The van der Waals surface area contributed by atoms with E-state index < -0.39 is 0 Å². The number of aryl methyl sites for hydroxylation is 2. The molecule has 0 radical (unpaired) electrons. The summed E-state index contributed by atoms with van der Waals surface area (Å²) in [5, 5.41) is 4.45. The zero-order valence-electron chi connectivity index (χ0n) is 14.2. The van der Waals surface area contributed by atoms with Gasteiger partial charge in [-0.25, -0.2) is 9.97 Å². The summed E-state index contributed by atoms with van der Waals surface area (Å²) < 4.78 is 5.65. The second-order valence-corrected chi connectivity index (χ2v) is 7.41. The highest BCUT2D eigenvalue weighted by Crippen LogP contribution is 2.33. The Labute approximate surface area is 155 Å². The lowest BCUT2D eigenvalue weighted by Crippen LogP contribution is -2.31. The van der Waals surface area contributed by atoms with Crippen molar-refractivity contribution in [3.05, 3.63) is 51.6 Å². The van der Waals surface area contributed by atoms with Crippen molar-refractivity contribution in [3.8, 4) is 5.88 Å². The third-order valence-electron chi connectivity index (χ3n) is 4.02. The van der Waals surface area contributed by atoms with Crippen molar-refractivity contribution in [2.45, 2.75) is 26.8 Å². The van der Waals surface area contributed by atoms with Gasteiger partial charge in [-0.15, -0.1) is 11.3 Å². The summed E-state index contributed by atoms with van der Waals surface area (Å²) >= 11 is 7.48. The van der Waals surface area contributed by atoms with Gasteiger partial charge in [0.25, 0.3) is 5.91 Å². The molecule has 2 aromatic heterocycles. The van der Waals surface area contributed by atoms with Gasteiger partial charge in [0.2, 0.25) is 5.88 Å². The van der Waals surface area contributed by atoms with Gasteiger partial charge in [0.1, 0.15) is 11.2 Å². The maximum absolute atomic E-state index is 12.2. The Bertz CT molecular complexity index is 909. The SMILES string of the molecule is Cc1sc2ncnc(OCC(=O)NC(C)c3ccc(Cl)cc3)c2c1C. The highest BCUT2D eigenvalue weighted by atomic mass is 35.5. The normalized spacial score (nSPS) is 12.2. The maximum atomic E-state index is 12.2. The predicted octanol–water partition coefficient (Wildman–Crippen LogP) is 4.22. The summed E-state index contributed by atoms with van der Waals surface area (Å²) in [7, 11) is 0. The molecule has 0 saturated carbocycles. The van der Waals surface area contributed by atoms with Crippen LogP contribution in [-0.2, 0) is 4.79 Å². The summed E-state index contributed by atoms with van der Waals surface area (Å²) in [5.74, 6) is 0.236. The molecule has 5 nitrogen and oxygen atoms in total. The molecule has 1 N–H and O–H groups in total. The van der Waals surface area contributed by atoms with Crippen molar-refractivity contribution in [2.24, 2.45) is 0 Å². The molecular weight excluding hydrogens is 358 g/mol. The van der Waals surface area contributed by atoms with Crippen molar-refractivity contribution < 1.29 is 9.53 Å². The second-order valence-electron chi connectivity index (χ2n) is 5.77. The third-order valence-corrected chi connectivity index (χ3v) is 5.39. The van der Waals surface area contributed by atoms with E-state index in [4.69, 9.17) is 16.3 Å². The van der Waals surface area contributed by atoms with E-state index >= 15 is 0 Å². The Morgan fingerprint density at radius 2 is 2.00 bits per heavy atom. The van der Waals surface area contributed by atoms with E-state index in [0.29, 0.717) is 10.9 Å². The lowest BCUT2D eigenvalue weighted by molar-refractivity contribution is -0.123. The van der Waals surface area contributed by atoms with Crippen molar-refractivity contribution in [2.75, 3.05) is 6.61 Å². The summed E-state index contributed by atoms with van der Waals surface area (Å²) in [6, 6.07) is 7.24. The van der Waals surface area contributed by atoms with E-state index in [1.54, 1.807) is 23.5 Å². The van der Waals surface area contributed by atoms with Crippen LogP contribution in [0, 0.1) is 13.8 Å². The number of amides is 1. The molecule has 3 aromatic rings. The number of carbonyl (C=O) groups excluding carboxylic acids is 1. The molecule has 7 heteroatoms. The van der Waals surface area contributed by atoms with Crippen LogP contribution in [0.4, 0.5) is 0 Å². The van der Waals surface area contributed by atoms with Crippen LogP contribution in [0.25, 0.3) is 10.2 Å². The van der Waals surface area contributed by atoms with Crippen molar-refractivity contribution in [3.63, 3.8) is 0 Å². The molecule has 2 heterocycles. The van der Waals surface area contributed by atoms with Crippen LogP contribution in [0.1, 0.15) is 29.0 Å². The van der Waals surface area contributed by atoms with Gasteiger partial charge in [-0.3, -0.25) is 4.79 Å². The largest absolute Gasteiger partial charge is 0.467 e. The fraction of sp³-hybridized carbons (Fsp3) is 0.278. The lowest BCUT2D eigenvalue weighted by Gasteiger charge is -2.15. The average Bonchev–Trinajstić information content (AvgIpc) is 2.88. The van der Waals surface area contributed by atoms with Crippen LogP contribution in [-0.4, -0.2) is 22.5 Å². The Kier molecular flexibility index (Phi) is 5.20. The van der Waals surface area contributed by atoms with Crippen LogP contribution in [0.2, 0.25) is 5.02 Å². The Morgan fingerprint density at radius 3 is 2.72 bits per heavy atom. The molecule has 25 heavy (non-hydrogen) atoms. The number of hydrogen-bond donors (Lipinski definition) is 1. The van der Waals surface area contributed by atoms with Gasteiger partial charge in [-0.2, -0.15) is 0 Å². The van der Waals surface area contributed by atoms with Gasteiger partial charge in [0, 0.05) is 9.90 Å². The highest BCUT2D eigenvalue weighted by Gasteiger charge is 2.15. The molecule has 130 valence electrons. The van der Waals surface area contributed by atoms with E-state index in [1.165, 1.54) is 11.2 Å². The van der Waals surface area contributed by atoms with E-state index in [2.05, 4.69) is 15.3 Å². The molecule has 1 atom stereocenters. The lowest BCUT2D eigenvalue weighted by atomic mass is 10.1. The van der Waals surface area contributed by atoms with Gasteiger partial charge in [-0.1, -0.05) is 23.7 Å². The van der Waals surface area contributed by atoms with E-state index in [1.807, 2.05) is 32.9 Å². The smallest absolute Gasteiger partial charge is 0.258 e. The number of hydrogen-bond acceptors (Lipinski definition) is 5. The van der Waals surface area contributed by atoms with E-state index in [-0.39, 0.29) is 18.6 Å². The number of nitrogens with one attached hydrogen (secondary N) is 1. The summed E-state index contributed by atoms with van der Waals surface area (Å²) in [4.78, 5) is 22.7. The standard InChI is InChI=1S/C18H18ClN3O2S/c1-10-12(3)25-18-16(10)17(20-9-21-18)24-8-15(23)22-11(2)13-4-6-14(19)7-5-13/h4-7,9,11H,8H2,1-3H3,(H,22,23). The van der Waals surface area contributed by atoms with Crippen molar-refractivity contribution >= 4 is 39.1 Å². The number of rotatable bonds is 5.